The Morgan fingerprint density at radius 3 is 2.65 bits per heavy atom. The number of piperazine rings is 1. The predicted molar refractivity (Wildman–Crippen MR) is 131 cm³/mol. The predicted octanol–water partition coefficient (Wildman–Crippen LogP) is 3.27. The molecular weight excluding hydrogens is 454 g/mol. The molecule has 3 aromatic rings. The van der Waals surface area contributed by atoms with Gasteiger partial charge in [0.25, 0.3) is 0 Å². The van der Waals surface area contributed by atoms with Gasteiger partial charge in [0, 0.05) is 50.3 Å². The number of fused-ring (bicyclic) bond motifs is 1. The van der Waals surface area contributed by atoms with Crippen molar-refractivity contribution in [3.63, 3.8) is 0 Å². The van der Waals surface area contributed by atoms with Gasteiger partial charge >= 0.3 is 0 Å². The number of aromatic nitrogens is 2. The summed E-state index contributed by atoms with van der Waals surface area (Å²) in [5.41, 5.74) is 1.76. The number of amides is 1. The van der Waals surface area contributed by atoms with Gasteiger partial charge in [-0.1, -0.05) is 23.9 Å². The molecule has 5 rings (SSSR count). The molecule has 9 nitrogen and oxygen atoms in total. The summed E-state index contributed by atoms with van der Waals surface area (Å²) in [6.07, 6.45) is 3.35. The average Bonchev–Trinajstić information content (AvgIpc) is 3.36. The number of benzene rings is 2. The van der Waals surface area contributed by atoms with Crippen LogP contribution in [0.3, 0.4) is 0 Å². The van der Waals surface area contributed by atoms with Crippen molar-refractivity contribution in [1.82, 2.24) is 9.97 Å². The molecule has 0 unspecified atom stereocenters. The molecule has 1 amide bonds. The first-order valence-corrected chi connectivity index (χ1v) is 12.0. The molecule has 2 aromatic carbocycles. The number of ether oxygens (including phenoxy) is 3. The molecule has 34 heavy (non-hydrogen) atoms. The zero-order valence-corrected chi connectivity index (χ0v) is 19.6. The van der Waals surface area contributed by atoms with Crippen LogP contribution in [-0.4, -0.2) is 61.7 Å². The molecule has 2 aliphatic heterocycles. The molecule has 176 valence electrons. The Kier molecular flexibility index (Phi) is 6.57. The molecule has 1 N–H and O–H groups in total. The van der Waals surface area contributed by atoms with E-state index in [2.05, 4.69) is 31.2 Å². The van der Waals surface area contributed by atoms with Gasteiger partial charge in [-0.15, -0.1) is 0 Å². The molecule has 0 aliphatic carbocycles. The summed E-state index contributed by atoms with van der Waals surface area (Å²) in [5.74, 6) is 3.10. The van der Waals surface area contributed by atoms with Crippen LogP contribution in [0.15, 0.2) is 59.9 Å². The van der Waals surface area contributed by atoms with Crippen LogP contribution in [-0.2, 0) is 4.79 Å². The second kappa shape index (κ2) is 10.1. The number of carbonyl (C=O) groups excluding carboxylic acids is 1. The summed E-state index contributed by atoms with van der Waals surface area (Å²) in [4.78, 5) is 26.2. The summed E-state index contributed by atoms with van der Waals surface area (Å²) >= 11 is 1.38. The molecule has 1 fully saturated rings. The van der Waals surface area contributed by atoms with E-state index in [-0.39, 0.29) is 18.5 Å². The van der Waals surface area contributed by atoms with Gasteiger partial charge in [0.2, 0.25) is 12.7 Å². The quantitative estimate of drug-likeness (QED) is 0.513. The molecule has 0 bridgehead atoms. The maximum absolute atomic E-state index is 12.5. The van der Waals surface area contributed by atoms with E-state index in [1.54, 1.807) is 37.7 Å². The van der Waals surface area contributed by atoms with Crippen LogP contribution in [0.1, 0.15) is 0 Å². The molecule has 0 atom stereocenters. The number of hydrogen-bond donors (Lipinski definition) is 1. The summed E-state index contributed by atoms with van der Waals surface area (Å²) in [7, 11) is 1.70. The Morgan fingerprint density at radius 2 is 1.79 bits per heavy atom. The van der Waals surface area contributed by atoms with Crippen LogP contribution >= 0.6 is 11.8 Å². The van der Waals surface area contributed by atoms with Gasteiger partial charge < -0.3 is 29.3 Å². The number of carbonyl (C=O) groups is 1. The first kappa shape index (κ1) is 22.1. The fraction of sp³-hybridized carbons (Fsp3) is 0.292. The van der Waals surface area contributed by atoms with Gasteiger partial charge in [-0.05, 0) is 24.3 Å². The minimum Gasteiger partial charge on any atom is -0.495 e. The van der Waals surface area contributed by atoms with Crippen LogP contribution in [0.2, 0.25) is 0 Å². The highest BCUT2D eigenvalue weighted by Gasteiger charge is 2.23. The number of anilines is 3. The van der Waals surface area contributed by atoms with Crippen molar-refractivity contribution >= 4 is 34.9 Å². The van der Waals surface area contributed by atoms with Gasteiger partial charge in [-0.25, -0.2) is 9.97 Å². The molecular formula is C24H25N5O4S. The standard InChI is InChI=1S/C24H25N5O4S/c1-31-19-5-3-2-4-18(19)28-10-12-29(13-11-28)23-24(26-9-8-25-23)34-15-22(30)27-17-6-7-20-21(14-17)33-16-32-20/h2-9,14H,10-13,15-16H2,1H3,(H,27,30). The molecule has 0 saturated carbocycles. The average molecular weight is 480 g/mol. The second-order valence-electron chi connectivity index (χ2n) is 7.74. The Bertz CT molecular complexity index is 1170. The van der Waals surface area contributed by atoms with E-state index in [9.17, 15) is 4.79 Å². The van der Waals surface area contributed by atoms with Gasteiger partial charge in [0.15, 0.2) is 17.3 Å². The van der Waals surface area contributed by atoms with Crippen molar-refractivity contribution in [3.05, 3.63) is 54.9 Å². The molecule has 1 saturated heterocycles. The SMILES string of the molecule is COc1ccccc1N1CCN(c2nccnc2SCC(=O)Nc2ccc3c(c2)OCO3)CC1. The maximum Gasteiger partial charge on any atom is 0.234 e. The van der Waals surface area contributed by atoms with E-state index in [1.165, 1.54) is 11.8 Å². The van der Waals surface area contributed by atoms with Crippen molar-refractivity contribution in [2.75, 3.05) is 61.0 Å². The maximum atomic E-state index is 12.5. The van der Waals surface area contributed by atoms with Gasteiger partial charge in [-0.2, -0.15) is 0 Å². The summed E-state index contributed by atoms with van der Waals surface area (Å²) in [6, 6.07) is 13.4. The van der Waals surface area contributed by atoms with Gasteiger partial charge in [0.1, 0.15) is 10.8 Å². The molecule has 0 spiro atoms. The van der Waals surface area contributed by atoms with Crippen LogP contribution in [0, 0.1) is 0 Å². The number of methoxy groups -OCH3 is 1. The summed E-state index contributed by atoms with van der Waals surface area (Å²) in [6.45, 7) is 3.48. The van der Waals surface area contributed by atoms with Crippen LogP contribution in [0.4, 0.5) is 17.2 Å². The monoisotopic (exact) mass is 479 g/mol. The third-order valence-electron chi connectivity index (χ3n) is 5.65. The highest BCUT2D eigenvalue weighted by molar-refractivity contribution is 8.00. The van der Waals surface area contributed by atoms with E-state index < -0.39 is 0 Å². The lowest BCUT2D eigenvalue weighted by Crippen LogP contribution is -2.47. The molecule has 3 heterocycles. The smallest absolute Gasteiger partial charge is 0.234 e. The lowest BCUT2D eigenvalue weighted by atomic mass is 10.2. The minimum atomic E-state index is -0.124. The number of nitrogens with zero attached hydrogens (tertiary/aromatic N) is 4. The zero-order valence-electron chi connectivity index (χ0n) is 18.8. The Morgan fingerprint density at radius 1 is 1.03 bits per heavy atom. The topological polar surface area (TPSA) is 89.1 Å². The fourth-order valence-corrected chi connectivity index (χ4v) is 4.78. The second-order valence-corrected chi connectivity index (χ2v) is 8.70. The van der Waals surface area contributed by atoms with Crippen molar-refractivity contribution in [3.8, 4) is 17.2 Å². The van der Waals surface area contributed by atoms with Crippen molar-refractivity contribution in [2.45, 2.75) is 5.03 Å². The molecule has 10 heteroatoms. The van der Waals surface area contributed by atoms with Gasteiger partial charge in [0.05, 0.1) is 18.6 Å². The molecule has 1 aromatic heterocycles. The zero-order chi connectivity index (χ0) is 23.3. The third kappa shape index (κ3) is 4.81. The van der Waals surface area contributed by atoms with Crippen molar-refractivity contribution in [1.29, 1.82) is 0 Å². The highest BCUT2D eigenvalue weighted by Crippen LogP contribution is 2.35. The number of thioether (sulfide) groups is 1. The highest BCUT2D eigenvalue weighted by atomic mass is 32.2. The largest absolute Gasteiger partial charge is 0.495 e. The van der Waals surface area contributed by atoms with E-state index in [1.807, 2.05) is 18.2 Å². The first-order valence-electron chi connectivity index (χ1n) is 11.0. The number of para-hydroxylation sites is 2. The van der Waals surface area contributed by atoms with Gasteiger partial charge in [-0.3, -0.25) is 4.79 Å². The van der Waals surface area contributed by atoms with Crippen LogP contribution in [0.25, 0.3) is 0 Å². The summed E-state index contributed by atoms with van der Waals surface area (Å²) in [5, 5.41) is 3.64. The van der Waals surface area contributed by atoms with E-state index >= 15 is 0 Å². The Labute approximate surface area is 202 Å². The lowest BCUT2D eigenvalue weighted by molar-refractivity contribution is -0.113. The van der Waals surface area contributed by atoms with E-state index in [4.69, 9.17) is 14.2 Å². The molecule has 2 aliphatic rings. The van der Waals surface area contributed by atoms with Crippen LogP contribution < -0.4 is 29.3 Å². The van der Waals surface area contributed by atoms with E-state index in [0.29, 0.717) is 17.2 Å². The summed E-state index contributed by atoms with van der Waals surface area (Å²) < 4.78 is 16.2. The Hall–Kier alpha value is -3.66. The van der Waals surface area contributed by atoms with Crippen molar-refractivity contribution < 1.29 is 19.0 Å². The fourth-order valence-electron chi connectivity index (χ4n) is 3.99. The Balaban J connectivity index is 1.19. The first-order chi connectivity index (χ1) is 16.7. The third-order valence-corrected chi connectivity index (χ3v) is 6.62. The number of rotatable bonds is 7. The molecule has 0 radical (unpaired) electrons. The number of nitrogens with one attached hydrogen (secondary N) is 1. The van der Waals surface area contributed by atoms with Crippen LogP contribution in [0.5, 0.6) is 17.2 Å². The normalized spacial score (nSPS) is 14.7. The van der Waals surface area contributed by atoms with E-state index in [0.717, 1.165) is 48.5 Å². The van der Waals surface area contributed by atoms with Crippen molar-refractivity contribution in [2.24, 2.45) is 0 Å². The number of hydrogen-bond acceptors (Lipinski definition) is 9. The lowest BCUT2D eigenvalue weighted by Gasteiger charge is -2.37. The minimum absolute atomic E-state index is 0.124.